The molecular formula is C12H26N2O. The van der Waals surface area contributed by atoms with E-state index in [9.17, 15) is 0 Å². The van der Waals surface area contributed by atoms with Gasteiger partial charge in [-0.05, 0) is 38.3 Å². The summed E-state index contributed by atoms with van der Waals surface area (Å²) in [6, 6.07) is 0.614. The Bertz CT molecular complexity index is 173. The highest BCUT2D eigenvalue weighted by molar-refractivity contribution is 4.82. The van der Waals surface area contributed by atoms with Gasteiger partial charge in [0.2, 0.25) is 0 Å². The van der Waals surface area contributed by atoms with Crippen LogP contribution in [0, 0.1) is 11.8 Å². The lowest BCUT2D eigenvalue weighted by atomic mass is 9.92. The quantitative estimate of drug-likeness (QED) is 0.715. The molecule has 90 valence electrons. The van der Waals surface area contributed by atoms with Gasteiger partial charge in [-0.2, -0.15) is 0 Å². The van der Waals surface area contributed by atoms with E-state index in [4.69, 9.17) is 5.11 Å². The van der Waals surface area contributed by atoms with Crippen molar-refractivity contribution in [3.8, 4) is 0 Å². The van der Waals surface area contributed by atoms with E-state index in [1.807, 2.05) is 0 Å². The van der Waals surface area contributed by atoms with Gasteiger partial charge >= 0.3 is 0 Å². The predicted octanol–water partition coefficient (Wildman–Crippen LogP) is 0.935. The van der Waals surface area contributed by atoms with Gasteiger partial charge in [-0.25, -0.2) is 0 Å². The van der Waals surface area contributed by atoms with Crippen LogP contribution in [0.15, 0.2) is 0 Å². The first kappa shape index (κ1) is 12.9. The van der Waals surface area contributed by atoms with E-state index in [0.717, 1.165) is 26.1 Å². The number of nitrogens with zero attached hydrogens (tertiary/aromatic N) is 1. The standard InChI is InChI=1S/C12H26N2O/c1-10(2)7-13-12-6-11(4-5-15)8-14(3)9-12/h10-13,15H,4-9H2,1-3H3. The normalized spacial score (nSPS) is 28.6. The Morgan fingerprint density at radius 3 is 2.73 bits per heavy atom. The number of nitrogens with one attached hydrogen (secondary N) is 1. The fourth-order valence-corrected chi connectivity index (χ4v) is 2.38. The second kappa shape index (κ2) is 6.46. The molecule has 0 spiro atoms. The smallest absolute Gasteiger partial charge is 0.0434 e. The van der Waals surface area contributed by atoms with Crippen LogP contribution in [-0.2, 0) is 0 Å². The van der Waals surface area contributed by atoms with Crippen LogP contribution in [-0.4, -0.2) is 49.3 Å². The van der Waals surface area contributed by atoms with Gasteiger partial charge in [-0.1, -0.05) is 13.8 Å². The van der Waals surface area contributed by atoms with Crippen molar-refractivity contribution in [3.05, 3.63) is 0 Å². The van der Waals surface area contributed by atoms with Crippen molar-refractivity contribution in [2.24, 2.45) is 11.8 Å². The van der Waals surface area contributed by atoms with Gasteiger partial charge in [0.15, 0.2) is 0 Å². The molecule has 1 heterocycles. The summed E-state index contributed by atoms with van der Waals surface area (Å²) in [5.41, 5.74) is 0. The maximum Gasteiger partial charge on any atom is 0.0434 e. The van der Waals surface area contributed by atoms with E-state index in [2.05, 4.69) is 31.1 Å². The molecule has 2 N–H and O–H groups in total. The second-order valence-corrected chi connectivity index (χ2v) is 5.33. The molecule has 1 rings (SSSR count). The third kappa shape index (κ3) is 4.96. The lowest BCUT2D eigenvalue weighted by molar-refractivity contribution is 0.141. The van der Waals surface area contributed by atoms with Crippen LogP contribution in [0.4, 0.5) is 0 Å². The molecule has 0 aliphatic carbocycles. The summed E-state index contributed by atoms with van der Waals surface area (Å²) in [7, 11) is 2.17. The zero-order valence-corrected chi connectivity index (χ0v) is 10.4. The van der Waals surface area contributed by atoms with Gasteiger partial charge < -0.3 is 15.3 Å². The highest BCUT2D eigenvalue weighted by Gasteiger charge is 2.24. The van der Waals surface area contributed by atoms with Crippen molar-refractivity contribution < 1.29 is 5.11 Å². The van der Waals surface area contributed by atoms with Crippen LogP contribution in [0.2, 0.25) is 0 Å². The van der Waals surface area contributed by atoms with Gasteiger partial charge in [0.25, 0.3) is 0 Å². The molecule has 0 aromatic heterocycles. The minimum absolute atomic E-state index is 0.329. The van der Waals surface area contributed by atoms with Crippen LogP contribution in [0.3, 0.4) is 0 Å². The van der Waals surface area contributed by atoms with Gasteiger partial charge in [-0.3, -0.25) is 0 Å². The minimum Gasteiger partial charge on any atom is -0.396 e. The summed E-state index contributed by atoms with van der Waals surface area (Å²) in [4.78, 5) is 2.38. The lowest BCUT2D eigenvalue weighted by Crippen LogP contribution is -2.48. The summed E-state index contributed by atoms with van der Waals surface area (Å²) < 4.78 is 0. The molecule has 1 fully saturated rings. The van der Waals surface area contributed by atoms with Crippen molar-refractivity contribution >= 4 is 0 Å². The Balaban J connectivity index is 2.31. The third-order valence-corrected chi connectivity index (χ3v) is 3.07. The number of hydrogen-bond acceptors (Lipinski definition) is 3. The fourth-order valence-electron chi connectivity index (χ4n) is 2.38. The summed E-state index contributed by atoms with van der Waals surface area (Å²) in [5, 5.41) is 12.6. The first-order valence-electron chi connectivity index (χ1n) is 6.14. The van der Waals surface area contributed by atoms with E-state index in [-0.39, 0.29) is 0 Å². The molecule has 0 aromatic rings. The molecule has 0 amide bonds. The molecule has 15 heavy (non-hydrogen) atoms. The average molecular weight is 214 g/mol. The Hall–Kier alpha value is -0.120. The van der Waals surface area contributed by atoms with Gasteiger partial charge in [-0.15, -0.1) is 0 Å². The summed E-state index contributed by atoms with van der Waals surface area (Å²) in [5.74, 6) is 1.38. The number of piperidine rings is 1. The number of hydrogen-bond donors (Lipinski definition) is 2. The van der Waals surface area contributed by atoms with Crippen LogP contribution < -0.4 is 5.32 Å². The molecule has 1 aliphatic rings. The Labute approximate surface area is 93.9 Å². The highest BCUT2D eigenvalue weighted by atomic mass is 16.3. The number of likely N-dealkylation sites (N-methyl/N-ethyl adjacent to an activating group) is 1. The number of aliphatic hydroxyl groups excluding tert-OH is 1. The number of rotatable bonds is 5. The van der Waals surface area contributed by atoms with Crippen LogP contribution in [0.1, 0.15) is 26.7 Å². The van der Waals surface area contributed by atoms with Crippen molar-refractivity contribution in [2.75, 3.05) is 33.3 Å². The first-order valence-corrected chi connectivity index (χ1v) is 6.14. The zero-order valence-electron chi connectivity index (χ0n) is 10.4. The molecule has 0 bridgehead atoms. The molecule has 0 radical (unpaired) electrons. The van der Waals surface area contributed by atoms with Crippen molar-refractivity contribution in [2.45, 2.75) is 32.7 Å². The van der Waals surface area contributed by atoms with Crippen molar-refractivity contribution in [1.29, 1.82) is 0 Å². The SMILES string of the molecule is CC(C)CNC1CC(CCO)CN(C)C1. The molecule has 0 saturated carbocycles. The van der Waals surface area contributed by atoms with E-state index in [0.29, 0.717) is 24.5 Å². The number of likely N-dealkylation sites (tertiary alicyclic amines) is 1. The van der Waals surface area contributed by atoms with Crippen LogP contribution >= 0.6 is 0 Å². The second-order valence-electron chi connectivity index (χ2n) is 5.33. The molecule has 3 heteroatoms. The lowest BCUT2D eigenvalue weighted by Gasteiger charge is -2.36. The molecule has 3 nitrogen and oxygen atoms in total. The largest absolute Gasteiger partial charge is 0.396 e. The molecule has 0 aromatic carbocycles. The summed E-state index contributed by atoms with van der Waals surface area (Å²) in [6.45, 7) is 8.20. The Kier molecular flexibility index (Phi) is 5.58. The topological polar surface area (TPSA) is 35.5 Å². The van der Waals surface area contributed by atoms with Gasteiger partial charge in [0.1, 0.15) is 0 Å². The Morgan fingerprint density at radius 1 is 1.40 bits per heavy atom. The molecule has 2 unspecified atom stereocenters. The van der Waals surface area contributed by atoms with Crippen molar-refractivity contribution in [3.63, 3.8) is 0 Å². The van der Waals surface area contributed by atoms with E-state index in [1.165, 1.54) is 6.42 Å². The zero-order chi connectivity index (χ0) is 11.3. The Morgan fingerprint density at radius 2 is 2.13 bits per heavy atom. The maximum atomic E-state index is 8.97. The maximum absolute atomic E-state index is 8.97. The number of aliphatic hydroxyl groups is 1. The summed E-state index contributed by atoms with van der Waals surface area (Å²) in [6.07, 6.45) is 2.17. The highest BCUT2D eigenvalue weighted by Crippen LogP contribution is 2.18. The molecule has 1 saturated heterocycles. The van der Waals surface area contributed by atoms with Gasteiger partial charge in [0, 0.05) is 25.7 Å². The van der Waals surface area contributed by atoms with Gasteiger partial charge in [0.05, 0.1) is 0 Å². The first-order chi connectivity index (χ1) is 7.11. The third-order valence-electron chi connectivity index (χ3n) is 3.07. The molecular weight excluding hydrogens is 188 g/mol. The van der Waals surface area contributed by atoms with Crippen LogP contribution in [0.5, 0.6) is 0 Å². The average Bonchev–Trinajstić information content (AvgIpc) is 2.14. The molecule has 2 atom stereocenters. The van der Waals surface area contributed by atoms with E-state index < -0.39 is 0 Å². The monoisotopic (exact) mass is 214 g/mol. The fraction of sp³-hybridized carbons (Fsp3) is 1.00. The minimum atomic E-state index is 0.329. The predicted molar refractivity (Wildman–Crippen MR) is 63.9 cm³/mol. The van der Waals surface area contributed by atoms with Crippen molar-refractivity contribution in [1.82, 2.24) is 10.2 Å². The van der Waals surface area contributed by atoms with Crippen LogP contribution in [0.25, 0.3) is 0 Å². The molecule has 1 aliphatic heterocycles. The van der Waals surface area contributed by atoms with E-state index in [1.54, 1.807) is 0 Å². The summed E-state index contributed by atoms with van der Waals surface area (Å²) >= 11 is 0. The van der Waals surface area contributed by atoms with E-state index >= 15 is 0 Å².